The molecule has 0 radical (unpaired) electrons. The summed E-state index contributed by atoms with van der Waals surface area (Å²) in [4.78, 5) is 21.8. The van der Waals surface area contributed by atoms with E-state index in [1.165, 1.54) is 6.07 Å². The van der Waals surface area contributed by atoms with Crippen LogP contribution in [0, 0.1) is 11.6 Å². The van der Waals surface area contributed by atoms with Crippen LogP contribution in [-0.4, -0.2) is 22.2 Å². The largest absolute Gasteiger partial charge is 0.478 e. The van der Waals surface area contributed by atoms with Gasteiger partial charge in [0.05, 0.1) is 11.1 Å². The van der Waals surface area contributed by atoms with E-state index in [4.69, 9.17) is 10.2 Å². The van der Waals surface area contributed by atoms with Gasteiger partial charge in [0.25, 0.3) is 0 Å². The molecule has 0 atom stereocenters. The van der Waals surface area contributed by atoms with Crippen LogP contribution in [0.25, 0.3) is 11.1 Å². The first kappa shape index (κ1) is 13.7. The van der Waals surface area contributed by atoms with E-state index < -0.39 is 29.1 Å². The Morgan fingerprint density at radius 3 is 2.00 bits per heavy atom. The van der Waals surface area contributed by atoms with Gasteiger partial charge in [-0.25, -0.2) is 18.4 Å². The van der Waals surface area contributed by atoms with Crippen molar-refractivity contribution >= 4 is 11.9 Å². The Bertz CT molecular complexity index is 710. The zero-order valence-electron chi connectivity index (χ0n) is 9.93. The van der Waals surface area contributed by atoms with Crippen LogP contribution in [0.5, 0.6) is 0 Å². The number of aromatic carboxylic acids is 2. The van der Waals surface area contributed by atoms with E-state index in [1.54, 1.807) is 0 Å². The first-order chi connectivity index (χ1) is 9.40. The second-order valence-corrected chi connectivity index (χ2v) is 3.99. The summed E-state index contributed by atoms with van der Waals surface area (Å²) in [6.07, 6.45) is 0. The standard InChI is InChI=1S/C14H8F2O4/c15-8-2-4-9(13(17)18)11(6-8)7-1-3-10(14(19)20)12(16)5-7/h1-6H,(H,17,18)(H,19,20). The molecular weight excluding hydrogens is 270 g/mol. The molecule has 6 heteroatoms. The fraction of sp³-hybridized carbons (Fsp3) is 0. The molecule has 0 saturated heterocycles. The lowest BCUT2D eigenvalue weighted by Gasteiger charge is -2.08. The smallest absolute Gasteiger partial charge is 0.338 e. The van der Waals surface area contributed by atoms with Crippen molar-refractivity contribution in [2.75, 3.05) is 0 Å². The maximum atomic E-state index is 13.6. The molecule has 4 nitrogen and oxygen atoms in total. The van der Waals surface area contributed by atoms with Crippen molar-refractivity contribution in [3.8, 4) is 11.1 Å². The molecule has 0 aliphatic rings. The van der Waals surface area contributed by atoms with E-state index in [0.29, 0.717) is 0 Å². The van der Waals surface area contributed by atoms with E-state index in [9.17, 15) is 18.4 Å². The highest BCUT2D eigenvalue weighted by molar-refractivity contribution is 5.96. The van der Waals surface area contributed by atoms with E-state index >= 15 is 0 Å². The Morgan fingerprint density at radius 1 is 0.850 bits per heavy atom. The van der Waals surface area contributed by atoms with Crippen LogP contribution in [0.2, 0.25) is 0 Å². The molecule has 2 aromatic carbocycles. The summed E-state index contributed by atoms with van der Waals surface area (Å²) in [5, 5.41) is 17.7. The number of carboxylic acid groups (broad SMARTS) is 2. The van der Waals surface area contributed by atoms with Crippen molar-refractivity contribution in [3.05, 3.63) is 59.2 Å². The molecular formula is C14H8F2O4. The normalized spacial score (nSPS) is 10.3. The fourth-order valence-electron chi connectivity index (χ4n) is 1.80. The lowest BCUT2D eigenvalue weighted by atomic mass is 9.98. The molecule has 2 aromatic rings. The summed E-state index contributed by atoms with van der Waals surface area (Å²) in [6, 6.07) is 6.10. The van der Waals surface area contributed by atoms with Crippen LogP contribution < -0.4 is 0 Å². The van der Waals surface area contributed by atoms with Gasteiger partial charge in [0.1, 0.15) is 11.6 Å². The zero-order valence-corrected chi connectivity index (χ0v) is 9.93. The van der Waals surface area contributed by atoms with Crippen molar-refractivity contribution < 1.29 is 28.6 Å². The fourth-order valence-corrected chi connectivity index (χ4v) is 1.80. The van der Waals surface area contributed by atoms with Crippen LogP contribution in [0.4, 0.5) is 8.78 Å². The maximum absolute atomic E-state index is 13.6. The predicted molar refractivity (Wildman–Crippen MR) is 65.7 cm³/mol. The van der Waals surface area contributed by atoms with E-state index in [1.807, 2.05) is 0 Å². The van der Waals surface area contributed by atoms with Crippen LogP contribution >= 0.6 is 0 Å². The molecule has 0 saturated carbocycles. The minimum absolute atomic E-state index is 0.0201. The van der Waals surface area contributed by atoms with Crippen LogP contribution in [0.1, 0.15) is 20.7 Å². The Hall–Kier alpha value is -2.76. The molecule has 0 bridgehead atoms. The molecule has 0 unspecified atom stereocenters. The minimum Gasteiger partial charge on any atom is -0.478 e. The van der Waals surface area contributed by atoms with Gasteiger partial charge in [-0.3, -0.25) is 0 Å². The molecule has 0 aliphatic carbocycles. The third-order valence-electron chi connectivity index (χ3n) is 2.72. The quantitative estimate of drug-likeness (QED) is 0.905. The van der Waals surface area contributed by atoms with Gasteiger partial charge in [-0.2, -0.15) is 0 Å². The number of benzene rings is 2. The van der Waals surface area contributed by atoms with Gasteiger partial charge in [0.2, 0.25) is 0 Å². The average Bonchev–Trinajstić information content (AvgIpc) is 2.37. The third-order valence-corrected chi connectivity index (χ3v) is 2.72. The first-order valence-electron chi connectivity index (χ1n) is 5.46. The maximum Gasteiger partial charge on any atom is 0.338 e. The second-order valence-electron chi connectivity index (χ2n) is 3.99. The van der Waals surface area contributed by atoms with Gasteiger partial charge in [0.15, 0.2) is 0 Å². The lowest BCUT2D eigenvalue weighted by molar-refractivity contribution is 0.0683. The first-order valence-corrected chi connectivity index (χ1v) is 5.46. The van der Waals surface area contributed by atoms with Crippen molar-refractivity contribution in [3.63, 3.8) is 0 Å². The minimum atomic E-state index is -1.44. The predicted octanol–water partition coefficient (Wildman–Crippen LogP) is 3.03. The number of carboxylic acids is 2. The molecule has 0 fully saturated rings. The van der Waals surface area contributed by atoms with Gasteiger partial charge < -0.3 is 10.2 Å². The molecule has 0 heterocycles. The third kappa shape index (κ3) is 2.49. The monoisotopic (exact) mass is 278 g/mol. The molecule has 2 rings (SSSR count). The number of carbonyl (C=O) groups is 2. The van der Waals surface area contributed by atoms with Crippen LogP contribution in [-0.2, 0) is 0 Å². The molecule has 2 N–H and O–H groups in total. The van der Waals surface area contributed by atoms with Crippen molar-refractivity contribution in [2.45, 2.75) is 0 Å². The van der Waals surface area contributed by atoms with Crippen LogP contribution in [0.3, 0.4) is 0 Å². The van der Waals surface area contributed by atoms with Crippen LogP contribution in [0.15, 0.2) is 36.4 Å². The summed E-state index contributed by atoms with van der Waals surface area (Å²) in [5.41, 5.74) is -0.673. The highest BCUT2D eigenvalue weighted by atomic mass is 19.1. The molecule has 0 aliphatic heterocycles. The molecule has 0 amide bonds. The van der Waals surface area contributed by atoms with Gasteiger partial charge in [-0.1, -0.05) is 6.07 Å². The Kier molecular flexibility index (Phi) is 3.47. The molecule has 0 spiro atoms. The number of rotatable bonds is 3. The van der Waals surface area contributed by atoms with Gasteiger partial charge in [-0.15, -0.1) is 0 Å². The van der Waals surface area contributed by atoms with Gasteiger partial charge in [0, 0.05) is 0 Å². The Morgan fingerprint density at radius 2 is 1.45 bits per heavy atom. The van der Waals surface area contributed by atoms with Crippen molar-refractivity contribution in [1.29, 1.82) is 0 Å². The van der Waals surface area contributed by atoms with Crippen molar-refractivity contribution in [1.82, 2.24) is 0 Å². The lowest BCUT2D eigenvalue weighted by Crippen LogP contribution is -2.03. The van der Waals surface area contributed by atoms with Gasteiger partial charge in [-0.05, 0) is 41.5 Å². The zero-order chi connectivity index (χ0) is 14.9. The highest BCUT2D eigenvalue weighted by Gasteiger charge is 2.16. The Labute approximate surface area is 111 Å². The van der Waals surface area contributed by atoms with Crippen molar-refractivity contribution in [2.24, 2.45) is 0 Å². The Balaban J connectivity index is 2.62. The summed E-state index contributed by atoms with van der Waals surface area (Å²) >= 11 is 0. The highest BCUT2D eigenvalue weighted by Crippen LogP contribution is 2.26. The summed E-state index contributed by atoms with van der Waals surface area (Å²) in [5.74, 6) is -4.42. The molecule has 102 valence electrons. The number of hydrogen-bond donors (Lipinski definition) is 2. The van der Waals surface area contributed by atoms with E-state index in [-0.39, 0.29) is 16.7 Å². The SMILES string of the molecule is O=C(O)c1ccc(-c2cc(F)ccc2C(=O)O)cc1F. The second kappa shape index (κ2) is 5.08. The van der Waals surface area contributed by atoms with Gasteiger partial charge >= 0.3 is 11.9 Å². The summed E-state index contributed by atoms with van der Waals surface area (Å²) in [6.45, 7) is 0. The van der Waals surface area contributed by atoms with E-state index in [2.05, 4.69) is 0 Å². The molecule has 0 aromatic heterocycles. The average molecular weight is 278 g/mol. The number of hydrogen-bond acceptors (Lipinski definition) is 2. The topological polar surface area (TPSA) is 74.6 Å². The molecule has 20 heavy (non-hydrogen) atoms. The van der Waals surface area contributed by atoms with E-state index in [0.717, 1.165) is 30.3 Å². The summed E-state index contributed by atoms with van der Waals surface area (Å²) < 4.78 is 26.8. The number of halogens is 2. The summed E-state index contributed by atoms with van der Waals surface area (Å²) in [7, 11) is 0.